The molecule has 0 aliphatic heterocycles. The summed E-state index contributed by atoms with van der Waals surface area (Å²) in [6.45, 7) is 5.52. The minimum Gasteiger partial charge on any atom is -0.480 e. The largest absolute Gasteiger partial charge is 0.480 e. The van der Waals surface area contributed by atoms with Gasteiger partial charge in [0.05, 0.1) is 4.70 Å². The predicted octanol–water partition coefficient (Wildman–Crippen LogP) is 5.23. The van der Waals surface area contributed by atoms with Crippen LogP contribution in [-0.4, -0.2) is 20.2 Å². The third kappa shape index (κ3) is 3.12. The van der Waals surface area contributed by atoms with Gasteiger partial charge in [0, 0.05) is 22.0 Å². The molecule has 0 bridgehead atoms. The molecule has 0 amide bonds. The highest BCUT2D eigenvalue weighted by molar-refractivity contribution is 8.01. The maximum absolute atomic E-state index is 11.5. The van der Waals surface area contributed by atoms with Crippen molar-refractivity contribution in [3.05, 3.63) is 48.2 Å². The van der Waals surface area contributed by atoms with Gasteiger partial charge < -0.3 is 5.11 Å². The summed E-state index contributed by atoms with van der Waals surface area (Å²) in [4.78, 5) is 12.5. The fraction of sp³-hybridized carbons (Fsp3) is 0.222. The van der Waals surface area contributed by atoms with Crippen LogP contribution in [0.15, 0.2) is 47.5 Å². The lowest BCUT2D eigenvalue weighted by molar-refractivity contribution is -0.138. The zero-order chi connectivity index (χ0) is 16.6. The highest BCUT2D eigenvalue weighted by Crippen LogP contribution is 2.43. The number of thioether (sulfide) groups is 1. The van der Waals surface area contributed by atoms with Gasteiger partial charge in [0.25, 0.3) is 0 Å². The average Bonchev–Trinajstić information content (AvgIpc) is 2.96. The molecule has 1 aromatic heterocycles. The van der Waals surface area contributed by atoms with Gasteiger partial charge in [-0.15, -0.1) is 11.8 Å². The Hall–Kier alpha value is -1.85. The van der Waals surface area contributed by atoms with Crippen LogP contribution in [0.4, 0.5) is 0 Å². The second kappa shape index (κ2) is 5.98. The number of hydrogen-bond acceptors (Lipinski definition) is 4. The first kappa shape index (κ1) is 16.0. The van der Waals surface area contributed by atoms with Gasteiger partial charge in [0.1, 0.15) is 4.75 Å². The first-order valence-electron chi connectivity index (χ1n) is 7.25. The highest BCUT2D eigenvalue weighted by atomic mass is 32.2. The summed E-state index contributed by atoms with van der Waals surface area (Å²) in [7, 11) is 0. The number of benzene rings is 2. The van der Waals surface area contributed by atoms with Crippen molar-refractivity contribution >= 4 is 39.3 Å². The van der Waals surface area contributed by atoms with E-state index in [1.165, 1.54) is 28.9 Å². The minimum absolute atomic E-state index is 0.818. The van der Waals surface area contributed by atoms with E-state index < -0.39 is 10.7 Å². The summed E-state index contributed by atoms with van der Waals surface area (Å²) in [6, 6.07) is 12.3. The van der Waals surface area contributed by atoms with E-state index in [2.05, 4.69) is 35.6 Å². The third-order valence-corrected chi connectivity index (χ3v) is 5.78. The van der Waals surface area contributed by atoms with Gasteiger partial charge in [0.15, 0.2) is 0 Å². The SMILES string of the molecule is Cc1ccc(-c2c(SC(C)(C)C(=O)O)ccc3cnsc23)cc1. The van der Waals surface area contributed by atoms with Crippen LogP contribution >= 0.6 is 23.3 Å². The number of nitrogens with zero attached hydrogens (tertiary/aromatic N) is 1. The molecular formula is C18H17NO2S2. The Morgan fingerprint density at radius 3 is 2.52 bits per heavy atom. The molecule has 3 nitrogen and oxygen atoms in total. The normalized spacial score (nSPS) is 11.8. The highest BCUT2D eigenvalue weighted by Gasteiger charge is 2.30. The van der Waals surface area contributed by atoms with Crippen LogP contribution in [0.5, 0.6) is 0 Å². The molecule has 1 N–H and O–H groups in total. The number of fused-ring (bicyclic) bond motifs is 1. The average molecular weight is 343 g/mol. The van der Waals surface area contributed by atoms with Gasteiger partial charge in [-0.2, -0.15) is 4.37 Å². The fourth-order valence-corrected chi connectivity index (χ4v) is 4.29. The van der Waals surface area contributed by atoms with E-state index in [-0.39, 0.29) is 0 Å². The molecule has 23 heavy (non-hydrogen) atoms. The zero-order valence-electron chi connectivity index (χ0n) is 13.2. The van der Waals surface area contributed by atoms with E-state index in [1.54, 1.807) is 13.8 Å². The van der Waals surface area contributed by atoms with Gasteiger partial charge in [-0.25, -0.2) is 0 Å². The van der Waals surface area contributed by atoms with Crippen LogP contribution in [0.2, 0.25) is 0 Å². The summed E-state index contributed by atoms with van der Waals surface area (Å²) in [5.41, 5.74) is 3.36. The van der Waals surface area contributed by atoms with E-state index in [9.17, 15) is 9.90 Å². The summed E-state index contributed by atoms with van der Waals surface area (Å²) in [5, 5.41) is 10.5. The van der Waals surface area contributed by atoms with Crippen LogP contribution in [0.25, 0.3) is 21.2 Å². The summed E-state index contributed by atoms with van der Waals surface area (Å²) in [6.07, 6.45) is 1.86. The molecule has 0 saturated carbocycles. The molecule has 0 unspecified atom stereocenters. The molecule has 0 fully saturated rings. The molecule has 2 aromatic carbocycles. The third-order valence-electron chi connectivity index (χ3n) is 3.71. The first-order valence-corrected chi connectivity index (χ1v) is 8.84. The van der Waals surface area contributed by atoms with E-state index in [1.807, 2.05) is 18.3 Å². The van der Waals surface area contributed by atoms with Crippen molar-refractivity contribution < 1.29 is 9.90 Å². The molecule has 0 atom stereocenters. The number of aryl methyl sites for hydroxylation is 1. The number of carbonyl (C=O) groups is 1. The Morgan fingerprint density at radius 2 is 1.87 bits per heavy atom. The van der Waals surface area contributed by atoms with Crippen molar-refractivity contribution in [3.8, 4) is 11.1 Å². The van der Waals surface area contributed by atoms with Gasteiger partial charge >= 0.3 is 5.97 Å². The molecule has 0 radical (unpaired) electrons. The van der Waals surface area contributed by atoms with Crippen molar-refractivity contribution in [1.82, 2.24) is 4.37 Å². The van der Waals surface area contributed by atoms with E-state index in [0.717, 1.165) is 26.1 Å². The van der Waals surface area contributed by atoms with Crippen LogP contribution in [0.1, 0.15) is 19.4 Å². The van der Waals surface area contributed by atoms with Crippen LogP contribution in [-0.2, 0) is 4.79 Å². The number of hydrogen-bond donors (Lipinski definition) is 1. The lowest BCUT2D eigenvalue weighted by Crippen LogP contribution is -2.26. The zero-order valence-corrected chi connectivity index (χ0v) is 14.8. The van der Waals surface area contributed by atoms with Crippen LogP contribution in [0, 0.1) is 6.92 Å². The molecule has 0 aliphatic carbocycles. The second-order valence-corrected chi connectivity index (χ2v) is 8.43. The van der Waals surface area contributed by atoms with Gasteiger partial charge in [0.2, 0.25) is 0 Å². The second-order valence-electron chi connectivity index (χ2n) is 5.97. The van der Waals surface area contributed by atoms with Crippen molar-refractivity contribution in [1.29, 1.82) is 0 Å². The minimum atomic E-state index is -0.891. The topological polar surface area (TPSA) is 50.2 Å². The Balaban J connectivity index is 2.20. The van der Waals surface area contributed by atoms with E-state index in [0.29, 0.717) is 0 Å². The number of aliphatic carboxylic acids is 1. The Morgan fingerprint density at radius 1 is 1.17 bits per heavy atom. The van der Waals surface area contributed by atoms with Crippen molar-refractivity contribution in [2.24, 2.45) is 0 Å². The lowest BCUT2D eigenvalue weighted by Gasteiger charge is -2.21. The quantitative estimate of drug-likeness (QED) is 0.659. The fourth-order valence-electron chi connectivity index (χ4n) is 2.31. The summed E-state index contributed by atoms with van der Waals surface area (Å²) < 4.78 is 4.50. The van der Waals surface area contributed by atoms with Crippen molar-refractivity contribution in [2.45, 2.75) is 30.4 Å². The number of rotatable bonds is 4. The Kier molecular flexibility index (Phi) is 4.17. The molecular weight excluding hydrogens is 326 g/mol. The van der Waals surface area contributed by atoms with Crippen molar-refractivity contribution in [2.75, 3.05) is 0 Å². The predicted molar refractivity (Wildman–Crippen MR) is 97.4 cm³/mol. The molecule has 1 heterocycles. The molecule has 0 spiro atoms. The first-order chi connectivity index (χ1) is 10.9. The smallest absolute Gasteiger partial charge is 0.319 e. The molecule has 118 valence electrons. The lowest BCUT2D eigenvalue weighted by atomic mass is 10.0. The molecule has 3 rings (SSSR count). The summed E-state index contributed by atoms with van der Waals surface area (Å²) >= 11 is 2.83. The van der Waals surface area contributed by atoms with Crippen molar-refractivity contribution in [3.63, 3.8) is 0 Å². The number of carboxylic acids is 1. The molecule has 5 heteroatoms. The number of aromatic nitrogens is 1. The maximum Gasteiger partial charge on any atom is 0.319 e. The standard InChI is InChI=1S/C18H17NO2S2/c1-11-4-6-12(7-5-11)15-14(22-18(2,3)17(20)21)9-8-13-10-19-23-16(13)15/h4-10H,1-3H3,(H,20,21). The molecule has 0 aliphatic rings. The van der Waals surface area contributed by atoms with Crippen LogP contribution in [0.3, 0.4) is 0 Å². The van der Waals surface area contributed by atoms with E-state index >= 15 is 0 Å². The van der Waals surface area contributed by atoms with Crippen LogP contribution < -0.4 is 0 Å². The number of carboxylic acid groups (broad SMARTS) is 1. The maximum atomic E-state index is 11.5. The molecule has 0 saturated heterocycles. The Bertz CT molecular complexity index is 866. The molecule has 3 aromatic rings. The van der Waals surface area contributed by atoms with Gasteiger partial charge in [-0.3, -0.25) is 4.79 Å². The Labute approximate surface area is 143 Å². The summed E-state index contributed by atoms with van der Waals surface area (Å²) in [5.74, 6) is -0.818. The monoisotopic (exact) mass is 343 g/mol. The van der Waals surface area contributed by atoms with E-state index in [4.69, 9.17) is 0 Å². The van der Waals surface area contributed by atoms with Gasteiger partial charge in [-0.1, -0.05) is 35.9 Å². The van der Waals surface area contributed by atoms with Gasteiger partial charge in [-0.05, 0) is 43.9 Å².